The van der Waals surface area contributed by atoms with Gasteiger partial charge in [-0.2, -0.15) is 0 Å². The van der Waals surface area contributed by atoms with Gasteiger partial charge in [-0.25, -0.2) is 0 Å². The van der Waals surface area contributed by atoms with E-state index in [-0.39, 0.29) is 0 Å². The third-order valence-electron chi connectivity index (χ3n) is 3.39. The molecule has 0 aromatic heterocycles. The molecule has 1 fully saturated rings. The molecule has 0 aromatic carbocycles. The Balaban J connectivity index is 2.16. The van der Waals surface area contributed by atoms with Crippen LogP contribution in [-0.4, -0.2) is 38.3 Å². The van der Waals surface area contributed by atoms with Crippen LogP contribution < -0.4 is 10.6 Å². The lowest BCUT2D eigenvalue weighted by Crippen LogP contribution is -2.42. The molecule has 1 aliphatic carbocycles. The highest BCUT2D eigenvalue weighted by Crippen LogP contribution is 2.17. The normalized spacial score (nSPS) is 17.2. The van der Waals surface area contributed by atoms with Crippen LogP contribution in [0.5, 0.6) is 0 Å². The molecule has 4 nitrogen and oxygen atoms in total. The Morgan fingerprint density at radius 3 is 2.63 bits per heavy atom. The fraction of sp³-hybridized carbons (Fsp3) is 0.933. The highest BCUT2D eigenvalue weighted by Gasteiger charge is 2.15. The molecule has 19 heavy (non-hydrogen) atoms. The fourth-order valence-electron chi connectivity index (χ4n) is 2.23. The van der Waals surface area contributed by atoms with Gasteiger partial charge in [0.25, 0.3) is 0 Å². The minimum atomic E-state index is 0.611. The summed E-state index contributed by atoms with van der Waals surface area (Å²) in [7, 11) is 0. The summed E-state index contributed by atoms with van der Waals surface area (Å²) in [5.74, 6) is 1.66. The fourth-order valence-corrected chi connectivity index (χ4v) is 2.23. The van der Waals surface area contributed by atoms with E-state index in [1.165, 1.54) is 25.7 Å². The molecule has 2 N–H and O–H groups in total. The number of hydrogen-bond acceptors (Lipinski definition) is 2. The van der Waals surface area contributed by atoms with Crippen molar-refractivity contribution in [2.24, 2.45) is 10.9 Å². The van der Waals surface area contributed by atoms with Gasteiger partial charge >= 0.3 is 0 Å². The van der Waals surface area contributed by atoms with Crippen molar-refractivity contribution in [3.8, 4) is 0 Å². The lowest BCUT2D eigenvalue weighted by molar-refractivity contribution is 0.130. The second-order valence-electron chi connectivity index (χ2n) is 5.68. The molecule has 112 valence electrons. The van der Waals surface area contributed by atoms with Crippen molar-refractivity contribution in [3.05, 3.63) is 0 Å². The molecule has 0 aromatic rings. The van der Waals surface area contributed by atoms with Gasteiger partial charge in [-0.3, -0.25) is 4.99 Å². The van der Waals surface area contributed by atoms with E-state index in [1.54, 1.807) is 0 Å². The molecule has 1 rings (SSSR count). The topological polar surface area (TPSA) is 45.7 Å². The highest BCUT2D eigenvalue weighted by atomic mass is 16.5. The van der Waals surface area contributed by atoms with E-state index < -0.39 is 0 Å². The predicted molar refractivity (Wildman–Crippen MR) is 81.6 cm³/mol. The van der Waals surface area contributed by atoms with E-state index in [2.05, 4.69) is 36.4 Å². The molecule has 0 atom stereocenters. The van der Waals surface area contributed by atoms with E-state index in [1.807, 2.05) is 0 Å². The number of aliphatic imine (C=N–C) groups is 1. The zero-order valence-electron chi connectivity index (χ0n) is 12.9. The Labute approximate surface area is 118 Å². The predicted octanol–water partition coefficient (Wildman–Crippen LogP) is 2.55. The lowest BCUT2D eigenvalue weighted by Gasteiger charge is -2.16. The van der Waals surface area contributed by atoms with Crippen molar-refractivity contribution < 1.29 is 4.74 Å². The molecule has 0 unspecified atom stereocenters. The Bertz CT molecular complexity index is 248. The first-order valence-corrected chi connectivity index (χ1v) is 7.85. The van der Waals surface area contributed by atoms with Gasteiger partial charge in [0.2, 0.25) is 0 Å². The molecule has 0 amide bonds. The Kier molecular flexibility index (Phi) is 8.63. The number of nitrogens with one attached hydrogen (secondary N) is 2. The van der Waals surface area contributed by atoms with Gasteiger partial charge in [0.1, 0.15) is 0 Å². The van der Waals surface area contributed by atoms with E-state index >= 15 is 0 Å². The minimum Gasteiger partial charge on any atom is -0.380 e. The van der Waals surface area contributed by atoms with Gasteiger partial charge in [0, 0.05) is 19.2 Å². The van der Waals surface area contributed by atoms with Crippen molar-refractivity contribution in [2.75, 3.05) is 26.3 Å². The standard InChI is InChI=1S/C15H31N3O/c1-4-16-15(18-14-7-5-6-8-14)17-10-12-19-11-9-13(2)3/h13-14H,4-12H2,1-3H3,(H2,16,17,18). The highest BCUT2D eigenvalue weighted by molar-refractivity contribution is 5.80. The van der Waals surface area contributed by atoms with Crippen molar-refractivity contribution in [2.45, 2.75) is 58.9 Å². The van der Waals surface area contributed by atoms with Crippen LogP contribution in [0.15, 0.2) is 4.99 Å². The molecular formula is C15H31N3O. The Morgan fingerprint density at radius 1 is 1.26 bits per heavy atom. The van der Waals surface area contributed by atoms with Gasteiger partial charge < -0.3 is 15.4 Å². The first-order chi connectivity index (χ1) is 9.22. The molecule has 1 saturated carbocycles. The molecule has 0 saturated heterocycles. The lowest BCUT2D eigenvalue weighted by atomic mass is 10.1. The monoisotopic (exact) mass is 269 g/mol. The first-order valence-electron chi connectivity index (χ1n) is 7.85. The van der Waals surface area contributed by atoms with Crippen molar-refractivity contribution in [3.63, 3.8) is 0 Å². The van der Waals surface area contributed by atoms with Crippen LogP contribution in [0.1, 0.15) is 52.9 Å². The van der Waals surface area contributed by atoms with Gasteiger partial charge in [-0.1, -0.05) is 26.7 Å². The van der Waals surface area contributed by atoms with Crippen LogP contribution in [0.2, 0.25) is 0 Å². The molecular weight excluding hydrogens is 238 g/mol. The summed E-state index contributed by atoms with van der Waals surface area (Å²) in [5, 5.41) is 6.81. The van der Waals surface area contributed by atoms with Crippen molar-refractivity contribution in [1.29, 1.82) is 0 Å². The molecule has 0 spiro atoms. The SMILES string of the molecule is CCNC(=NCCOCCC(C)C)NC1CCCC1. The van der Waals surface area contributed by atoms with Crippen LogP contribution in [-0.2, 0) is 4.74 Å². The zero-order valence-corrected chi connectivity index (χ0v) is 12.9. The number of hydrogen-bond donors (Lipinski definition) is 2. The summed E-state index contributed by atoms with van der Waals surface area (Å²) in [6, 6.07) is 0.611. The number of nitrogens with zero attached hydrogens (tertiary/aromatic N) is 1. The maximum Gasteiger partial charge on any atom is 0.191 e. The van der Waals surface area contributed by atoms with E-state index in [0.29, 0.717) is 18.6 Å². The third kappa shape index (κ3) is 8.09. The zero-order chi connectivity index (χ0) is 13.9. The third-order valence-corrected chi connectivity index (χ3v) is 3.39. The second-order valence-corrected chi connectivity index (χ2v) is 5.68. The Morgan fingerprint density at radius 2 is 2.00 bits per heavy atom. The van der Waals surface area contributed by atoms with E-state index in [9.17, 15) is 0 Å². The smallest absolute Gasteiger partial charge is 0.191 e. The summed E-state index contributed by atoms with van der Waals surface area (Å²) in [6.45, 7) is 9.75. The number of rotatable bonds is 8. The quantitative estimate of drug-likeness (QED) is 0.404. The molecule has 0 heterocycles. The van der Waals surface area contributed by atoms with Crippen LogP contribution in [0.3, 0.4) is 0 Å². The van der Waals surface area contributed by atoms with Crippen LogP contribution in [0.25, 0.3) is 0 Å². The molecule has 1 aliphatic rings. The van der Waals surface area contributed by atoms with Crippen molar-refractivity contribution >= 4 is 5.96 Å². The molecule has 0 radical (unpaired) electrons. The minimum absolute atomic E-state index is 0.611. The van der Waals surface area contributed by atoms with Crippen LogP contribution >= 0.6 is 0 Å². The van der Waals surface area contributed by atoms with Gasteiger partial charge in [-0.15, -0.1) is 0 Å². The summed E-state index contributed by atoms with van der Waals surface area (Å²) >= 11 is 0. The molecule has 4 heteroatoms. The van der Waals surface area contributed by atoms with Crippen LogP contribution in [0.4, 0.5) is 0 Å². The first kappa shape index (κ1) is 16.3. The van der Waals surface area contributed by atoms with E-state index in [0.717, 1.165) is 32.1 Å². The largest absolute Gasteiger partial charge is 0.380 e. The molecule has 0 bridgehead atoms. The second kappa shape index (κ2) is 10.1. The van der Waals surface area contributed by atoms with Gasteiger partial charge in [-0.05, 0) is 32.1 Å². The average Bonchev–Trinajstić information content (AvgIpc) is 2.86. The van der Waals surface area contributed by atoms with Crippen molar-refractivity contribution in [1.82, 2.24) is 10.6 Å². The summed E-state index contributed by atoms with van der Waals surface area (Å²) in [6.07, 6.45) is 6.36. The number of ether oxygens (including phenoxy) is 1. The summed E-state index contributed by atoms with van der Waals surface area (Å²) in [4.78, 5) is 4.56. The maximum absolute atomic E-state index is 5.58. The van der Waals surface area contributed by atoms with E-state index in [4.69, 9.17) is 4.74 Å². The van der Waals surface area contributed by atoms with Gasteiger partial charge in [0.15, 0.2) is 5.96 Å². The van der Waals surface area contributed by atoms with Crippen LogP contribution in [0, 0.1) is 5.92 Å². The summed E-state index contributed by atoms with van der Waals surface area (Å²) < 4.78 is 5.58. The van der Waals surface area contributed by atoms with Gasteiger partial charge in [0.05, 0.1) is 13.2 Å². The number of guanidine groups is 1. The maximum atomic E-state index is 5.58. The summed E-state index contributed by atoms with van der Waals surface area (Å²) in [5.41, 5.74) is 0. The Hall–Kier alpha value is -0.770. The molecule has 0 aliphatic heterocycles. The average molecular weight is 269 g/mol.